The SMILES string of the molecule is CC(C)(C)OC(=O)NCCNS(=O)(=O)c1ccc(Cl)c([N+](=O)[O-])c1. The van der Waals surface area contributed by atoms with Gasteiger partial charge in [-0.05, 0) is 32.9 Å². The number of carbonyl (C=O) groups is 1. The number of sulfonamides is 1. The van der Waals surface area contributed by atoms with Crippen LogP contribution in [-0.4, -0.2) is 38.1 Å². The van der Waals surface area contributed by atoms with Crippen LogP contribution in [0.2, 0.25) is 5.02 Å². The zero-order valence-electron chi connectivity index (χ0n) is 13.3. The largest absolute Gasteiger partial charge is 0.444 e. The van der Waals surface area contributed by atoms with Gasteiger partial charge in [-0.3, -0.25) is 10.1 Å². The molecule has 24 heavy (non-hydrogen) atoms. The second-order valence-electron chi connectivity index (χ2n) is 5.70. The summed E-state index contributed by atoms with van der Waals surface area (Å²) in [5.41, 5.74) is -1.17. The summed E-state index contributed by atoms with van der Waals surface area (Å²) in [6, 6.07) is 3.15. The van der Waals surface area contributed by atoms with Gasteiger partial charge in [0.1, 0.15) is 10.6 Å². The molecule has 0 aromatic heterocycles. The molecule has 2 N–H and O–H groups in total. The Balaban J connectivity index is 2.63. The summed E-state index contributed by atoms with van der Waals surface area (Å²) < 4.78 is 31.4. The van der Waals surface area contributed by atoms with E-state index < -0.39 is 32.3 Å². The first-order valence-electron chi connectivity index (χ1n) is 6.83. The first-order chi connectivity index (χ1) is 10.9. The van der Waals surface area contributed by atoms with Crippen molar-refractivity contribution in [2.75, 3.05) is 13.1 Å². The van der Waals surface area contributed by atoms with E-state index in [2.05, 4.69) is 10.0 Å². The van der Waals surface area contributed by atoms with Gasteiger partial charge in [0.15, 0.2) is 0 Å². The quantitative estimate of drug-likeness (QED) is 0.442. The van der Waals surface area contributed by atoms with Crippen LogP contribution >= 0.6 is 11.6 Å². The highest BCUT2D eigenvalue weighted by molar-refractivity contribution is 7.89. The maximum Gasteiger partial charge on any atom is 0.407 e. The van der Waals surface area contributed by atoms with Gasteiger partial charge in [-0.15, -0.1) is 0 Å². The standard InChI is InChI=1S/C13H18ClN3O6S/c1-13(2,3)23-12(18)15-6-7-16-24(21,22)9-4-5-10(14)11(8-9)17(19)20/h4-5,8,16H,6-7H2,1-3H3,(H,15,18). The molecule has 0 bridgehead atoms. The van der Waals surface area contributed by atoms with E-state index in [0.29, 0.717) is 0 Å². The molecule has 0 spiro atoms. The van der Waals surface area contributed by atoms with Crippen LogP contribution in [-0.2, 0) is 14.8 Å². The molecule has 1 aromatic carbocycles. The zero-order valence-corrected chi connectivity index (χ0v) is 14.9. The summed E-state index contributed by atoms with van der Waals surface area (Å²) in [5.74, 6) is 0. The molecule has 0 unspecified atom stereocenters. The summed E-state index contributed by atoms with van der Waals surface area (Å²) in [6.07, 6.45) is -0.677. The Morgan fingerprint density at radius 1 is 1.33 bits per heavy atom. The molecule has 11 heteroatoms. The van der Waals surface area contributed by atoms with Gasteiger partial charge in [0.25, 0.3) is 5.69 Å². The van der Waals surface area contributed by atoms with Gasteiger partial charge in [-0.25, -0.2) is 17.9 Å². The molecular weight excluding hydrogens is 362 g/mol. The van der Waals surface area contributed by atoms with E-state index in [0.717, 1.165) is 18.2 Å². The molecule has 0 aliphatic carbocycles. The number of amides is 1. The number of hydrogen-bond acceptors (Lipinski definition) is 6. The van der Waals surface area contributed by atoms with Gasteiger partial charge in [-0.2, -0.15) is 0 Å². The lowest BCUT2D eigenvalue weighted by atomic mass is 10.2. The third kappa shape index (κ3) is 6.30. The number of benzene rings is 1. The Kier molecular flexibility index (Phi) is 6.52. The average molecular weight is 380 g/mol. The van der Waals surface area contributed by atoms with E-state index in [-0.39, 0.29) is 23.0 Å². The molecule has 0 aliphatic rings. The number of hydrogen-bond donors (Lipinski definition) is 2. The van der Waals surface area contributed by atoms with Gasteiger partial charge in [0.05, 0.1) is 9.82 Å². The van der Waals surface area contributed by atoms with E-state index >= 15 is 0 Å². The number of nitro benzene ring substituents is 1. The Hall–Kier alpha value is -1.91. The fourth-order valence-electron chi connectivity index (χ4n) is 1.55. The lowest BCUT2D eigenvalue weighted by Gasteiger charge is -2.19. The Morgan fingerprint density at radius 3 is 2.50 bits per heavy atom. The van der Waals surface area contributed by atoms with Crippen LogP contribution < -0.4 is 10.0 Å². The van der Waals surface area contributed by atoms with E-state index in [1.807, 2.05) is 0 Å². The fraction of sp³-hybridized carbons (Fsp3) is 0.462. The normalized spacial score (nSPS) is 11.8. The summed E-state index contributed by atoms with van der Waals surface area (Å²) in [6.45, 7) is 4.97. The molecule has 0 heterocycles. The van der Waals surface area contributed by atoms with Gasteiger partial charge in [-0.1, -0.05) is 11.6 Å². The van der Waals surface area contributed by atoms with Crippen molar-refractivity contribution in [1.82, 2.24) is 10.0 Å². The predicted octanol–water partition coefficient (Wildman–Crippen LogP) is 2.05. The third-order valence-corrected chi connectivity index (χ3v) is 4.29. The topological polar surface area (TPSA) is 128 Å². The van der Waals surface area contributed by atoms with Gasteiger partial charge in [0.2, 0.25) is 10.0 Å². The highest BCUT2D eigenvalue weighted by Gasteiger charge is 2.20. The van der Waals surface area contributed by atoms with Crippen LogP contribution in [0.25, 0.3) is 0 Å². The number of carbonyl (C=O) groups excluding carboxylic acids is 1. The Morgan fingerprint density at radius 2 is 1.96 bits per heavy atom. The lowest BCUT2D eigenvalue weighted by molar-refractivity contribution is -0.384. The number of halogens is 1. The molecule has 134 valence electrons. The minimum Gasteiger partial charge on any atom is -0.444 e. The molecule has 0 radical (unpaired) electrons. The second kappa shape index (κ2) is 7.77. The van der Waals surface area contributed by atoms with E-state index in [4.69, 9.17) is 16.3 Å². The number of alkyl carbamates (subject to hydrolysis) is 1. The van der Waals surface area contributed by atoms with Gasteiger partial charge < -0.3 is 10.1 Å². The summed E-state index contributed by atoms with van der Waals surface area (Å²) in [7, 11) is -3.97. The van der Waals surface area contributed by atoms with Crippen LogP contribution in [0.15, 0.2) is 23.1 Å². The Bertz CT molecular complexity index is 730. The minimum atomic E-state index is -3.97. The number of nitrogens with zero attached hydrogens (tertiary/aromatic N) is 1. The van der Waals surface area contributed by atoms with Crippen molar-refractivity contribution in [2.45, 2.75) is 31.3 Å². The molecule has 1 amide bonds. The molecule has 0 saturated carbocycles. The number of nitro groups is 1. The van der Waals surface area contributed by atoms with Crippen molar-refractivity contribution in [3.63, 3.8) is 0 Å². The van der Waals surface area contributed by atoms with Gasteiger partial charge >= 0.3 is 6.09 Å². The molecule has 9 nitrogen and oxygen atoms in total. The van der Waals surface area contributed by atoms with Crippen LogP contribution in [0, 0.1) is 10.1 Å². The zero-order chi connectivity index (χ0) is 18.5. The van der Waals surface area contributed by atoms with E-state index in [9.17, 15) is 23.3 Å². The lowest BCUT2D eigenvalue weighted by Crippen LogP contribution is -2.37. The van der Waals surface area contributed by atoms with Crippen molar-refractivity contribution in [2.24, 2.45) is 0 Å². The predicted molar refractivity (Wildman–Crippen MR) is 87.5 cm³/mol. The van der Waals surface area contributed by atoms with Crippen LogP contribution in [0.5, 0.6) is 0 Å². The third-order valence-electron chi connectivity index (χ3n) is 2.51. The van der Waals surface area contributed by atoms with Crippen LogP contribution in [0.3, 0.4) is 0 Å². The van der Waals surface area contributed by atoms with Crippen LogP contribution in [0.1, 0.15) is 20.8 Å². The molecule has 0 saturated heterocycles. The maximum absolute atomic E-state index is 12.1. The van der Waals surface area contributed by atoms with Crippen LogP contribution in [0.4, 0.5) is 10.5 Å². The van der Waals surface area contributed by atoms with E-state index in [1.54, 1.807) is 20.8 Å². The average Bonchev–Trinajstić information content (AvgIpc) is 2.41. The number of rotatable bonds is 6. The Labute approximate surface area is 144 Å². The number of nitrogens with one attached hydrogen (secondary N) is 2. The summed E-state index contributed by atoms with van der Waals surface area (Å²) >= 11 is 5.64. The van der Waals surface area contributed by atoms with Crippen molar-refractivity contribution in [3.05, 3.63) is 33.3 Å². The smallest absolute Gasteiger partial charge is 0.407 e. The van der Waals surface area contributed by atoms with E-state index in [1.165, 1.54) is 0 Å². The molecule has 0 atom stereocenters. The molecule has 0 aliphatic heterocycles. The van der Waals surface area contributed by atoms with Crippen molar-refractivity contribution < 1.29 is 22.9 Å². The highest BCUT2D eigenvalue weighted by Crippen LogP contribution is 2.26. The minimum absolute atomic E-state index is 0.0101. The molecule has 1 rings (SSSR count). The number of ether oxygens (including phenoxy) is 1. The van der Waals surface area contributed by atoms with Gasteiger partial charge in [0, 0.05) is 19.2 Å². The monoisotopic (exact) mass is 379 g/mol. The molecule has 0 fully saturated rings. The molecule has 1 aromatic rings. The first-order valence-corrected chi connectivity index (χ1v) is 8.69. The second-order valence-corrected chi connectivity index (χ2v) is 7.87. The summed E-state index contributed by atoms with van der Waals surface area (Å²) in [5, 5.41) is 13.0. The molecular formula is C13H18ClN3O6S. The highest BCUT2D eigenvalue weighted by atomic mass is 35.5. The van der Waals surface area contributed by atoms with Crippen molar-refractivity contribution in [1.29, 1.82) is 0 Å². The first kappa shape index (κ1) is 20.1. The maximum atomic E-state index is 12.1. The van der Waals surface area contributed by atoms with Crippen molar-refractivity contribution >= 4 is 33.4 Å². The fourth-order valence-corrected chi connectivity index (χ4v) is 2.79. The van der Waals surface area contributed by atoms with Crippen molar-refractivity contribution in [3.8, 4) is 0 Å². The summed E-state index contributed by atoms with van der Waals surface area (Å²) in [4.78, 5) is 21.1.